The van der Waals surface area contributed by atoms with Gasteiger partial charge in [-0.25, -0.2) is 4.79 Å². The van der Waals surface area contributed by atoms with Crippen molar-refractivity contribution in [3.05, 3.63) is 107 Å². The SMILES string of the molecule is O=C(CNC(=O)c1ccccc1)N[C@@H](Cc1ccc(C(=O)c2ccccc2)cc1)C(=O)O. The van der Waals surface area contributed by atoms with Gasteiger partial charge in [-0.2, -0.15) is 0 Å². The number of ketones is 1. The highest BCUT2D eigenvalue weighted by Gasteiger charge is 2.21. The van der Waals surface area contributed by atoms with E-state index in [0.717, 1.165) is 0 Å². The predicted molar refractivity (Wildman–Crippen MR) is 118 cm³/mol. The zero-order valence-electron chi connectivity index (χ0n) is 17.2. The molecule has 0 aliphatic heterocycles. The molecule has 3 aromatic carbocycles. The van der Waals surface area contributed by atoms with Gasteiger partial charge in [0.05, 0.1) is 6.54 Å². The summed E-state index contributed by atoms with van der Waals surface area (Å²) in [6.45, 7) is -0.345. The molecule has 0 heterocycles. The van der Waals surface area contributed by atoms with E-state index >= 15 is 0 Å². The fourth-order valence-electron chi connectivity index (χ4n) is 3.08. The lowest BCUT2D eigenvalue weighted by atomic mass is 9.99. The molecule has 0 aliphatic rings. The normalized spacial score (nSPS) is 11.2. The second kappa shape index (κ2) is 10.7. The molecule has 3 aromatic rings. The van der Waals surface area contributed by atoms with E-state index < -0.39 is 23.8 Å². The summed E-state index contributed by atoms with van der Waals surface area (Å²) in [6.07, 6.45) is 0.0352. The summed E-state index contributed by atoms with van der Waals surface area (Å²) >= 11 is 0. The molecule has 1 atom stereocenters. The molecule has 0 aliphatic carbocycles. The second-order valence-electron chi connectivity index (χ2n) is 7.10. The van der Waals surface area contributed by atoms with E-state index in [-0.39, 0.29) is 18.7 Å². The van der Waals surface area contributed by atoms with Crippen LogP contribution in [0.15, 0.2) is 84.9 Å². The number of carboxylic acid groups (broad SMARTS) is 1. The molecule has 7 heteroatoms. The molecule has 0 radical (unpaired) electrons. The van der Waals surface area contributed by atoms with Gasteiger partial charge in [0, 0.05) is 23.1 Å². The van der Waals surface area contributed by atoms with E-state index in [1.54, 1.807) is 78.9 Å². The van der Waals surface area contributed by atoms with Crippen molar-refractivity contribution in [2.75, 3.05) is 6.54 Å². The predicted octanol–water partition coefficient (Wildman–Crippen LogP) is 2.46. The molecular weight excluding hydrogens is 408 g/mol. The first-order chi connectivity index (χ1) is 15.4. The lowest BCUT2D eigenvalue weighted by Crippen LogP contribution is -2.46. The number of carboxylic acids is 1. The number of carbonyl (C=O) groups is 4. The summed E-state index contributed by atoms with van der Waals surface area (Å²) in [5.74, 6) is -2.37. The van der Waals surface area contributed by atoms with Crippen molar-refractivity contribution in [3.63, 3.8) is 0 Å². The summed E-state index contributed by atoms with van der Waals surface area (Å²) in [6, 6.07) is 22.6. The Bertz CT molecular complexity index is 1100. The maximum atomic E-state index is 12.5. The molecule has 32 heavy (non-hydrogen) atoms. The van der Waals surface area contributed by atoms with Crippen LogP contribution in [-0.4, -0.2) is 41.3 Å². The Balaban J connectivity index is 1.56. The first-order valence-electron chi connectivity index (χ1n) is 9.98. The molecule has 0 bridgehead atoms. The van der Waals surface area contributed by atoms with Crippen molar-refractivity contribution in [2.24, 2.45) is 0 Å². The molecule has 3 N–H and O–H groups in total. The average Bonchev–Trinajstić information content (AvgIpc) is 2.83. The van der Waals surface area contributed by atoms with Gasteiger partial charge >= 0.3 is 5.97 Å². The standard InChI is InChI=1S/C25H22N2O5/c28-22(16-26-24(30)20-9-5-2-6-10-20)27-21(25(31)32)15-17-11-13-19(14-12-17)23(29)18-7-3-1-4-8-18/h1-14,21H,15-16H2,(H,26,30)(H,27,28)(H,31,32)/t21-/m0/s1. The van der Waals surface area contributed by atoms with E-state index in [0.29, 0.717) is 22.3 Å². The van der Waals surface area contributed by atoms with Crippen molar-refractivity contribution in [1.29, 1.82) is 0 Å². The highest BCUT2D eigenvalue weighted by Crippen LogP contribution is 2.12. The maximum absolute atomic E-state index is 12.5. The van der Waals surface area contributed by atoms with Crippen molar-refractivity contribution in [3.8, 4) is 0 Å². The minimum Gasteiger partial charge on any atom is -0.480 e. The van der Waals surface area contributed by atoms with Gasteiger partial charge in [-0.05, 0) is 17.7 Å². The molecule has 0 saturated heterocycles. The number of hydrogen-bond donors (Lipinski definition) is 3. The Morgan fingerprint density at radius 2 is 1.25 bits per heavy atom. The lowest BCUT2D eigenvalue weighted by Gasteiger charge is -2.15. The van der Waals surface area contributed by atoms with Crippen molar-refractivity contribution < 1.29 is 24.3 Å². The minimum atomic E-state index is -1.20. The van der Waals surface area contributed by atoms with Gasteiger partial charge in [0.1, 0.15) is 6.04 Å². The number of carbonyl (C=O) groups excluding carboxylic acids is 3. The molecule has 0 spiro atoms. The minimum absolute atomic E-state index is 0.0352. The van der Waals surface area contributed by atoms with Crippen molar-refractivity contribution in [1.82, 2.24) is 10.6 Å². The van der Waals surface area contributed by atoms with Gasteiger partial charge in [-0.1, -0.05) is 72.8 Å². The first-order valence-corrected chi connectivity index (χ1v) is 9.98. The summed E-state index contributed by atoms with van der Waals surface area (Å²) in [5.41, 5.74) is 2.10. The molecule has 7 nitrogen and oxygen atoms in total. The molecular formula is C25H22N2O5. The summed E-state index contributed by atoms with van der Waals surface area (Å²) in [5, 5.41) is 14.4. The summed E-state index contributed by atoms with van der Waals surface area (Å²) < 4.78 is 0. The number of benzene rings is 3. The zero-order valence-corrected chi connectivity index (χ0v) is 17.2. The number of amides is 2. The third kappa shape index (κ3) is 6.12. The highest BCUT2D eigenvalue weighted by atomic mass is 16.4. The molecule has 2 amide bonds. The molecule has 0 fully saturated rings. The van der Waals surface area contributed by atoms with E-state index in [9.17, 15) is 24.3 Å². The fraction of sp³-hybridized carbons (Fsp3) is 0.120. The number of rotatable bonds is 9. The quantitative estimate of drug-likeness (QED) is 0.452. The summed E-state index contributed by atoms with van der Waals surface area (Å²) in [4.78, 5) is 48.2. The van der Waals surface area contributed by atoms with Gasteiger partial charge in [0.2, 0.25) is 5.91 Å². The summed E-state index contributed by atoms with van der Waals surface area (Å²) in [7, 11) is 0. The van der Waals surface area contributed by atoms with E-state index in [4.69, 9.17) is 0 Å². The van der Waals surface area contributed by atoms with Gasteiger partial charge in [0.15, 0.2) is 5.78 Å². The van der Waals surface area contributed by atoms with Gasteiger partial charge in [-0.3, -0.25) is 14.4 Å². The number of hydrogen-bond acceptors (Lipinski definition) is 4. The van der Waals surface area contributed by atoms with Crippen LogP contribution in [0.4, 0.5) is 0 Å². The maximum Gasteiger partial charge on any atom is 0.326 e. The number of aliphatic carboxylic acids is 1. The molecule has 162 valence electrons. The van der Waals surface area contributed by atoms with Crippen molar-refractivity contribution in [2.45, 2.75) is 12.5 Å². The van der Waals surface area contributed by atoms with Crippen LogP contribution in [0.1, 0.15) is 31.8 Å². The van der Waals surface area contributed by atoms with Crippen LogP contribution < -0.4 is 10.6 Å². The first kappa shape index (κ1) is 22.4. The van der Waals surface area contributed by atoms with Gasteiger partial charge < -0.3 is 15.7 Å². The zero-order chi connectivity index (χ0) is 22.9. The lowest BCUT2D eigenvalue weighted by molar-refractivity contribution is -0.141. The largest absolute Gasteiger partial charge is 0.480 e. The van der Waals surface area contributed by atoms with E-state index in [1.165, 1.54) is 0 Å². The third-order valence-electron chi connectivity index (χ3n) is 4.77. The third-order valence-corrected chi connectivity index (χ3v) is 4.77. The van der Waals surface area contributed by atoms with E-state index in [2.05, 4.69) is 10.6 Å². The van der Waals surface area contributed by atoms with Crippen LogP contribution >= 0.6 is 0 Å². The average molecular weight is 430 g/mol. The monoisotopic (exact) mass is 430 g/mol. The Hall–Kier alpha value is -4.26. The van der Waals surface area contributed by atoms with Crippen LogP contribution in [0, 0.1) is 0 Å². The van der Waals surface area contributed by atoms with E-state index in [1.807, 2.05) is 6.07 Å². The Morgan fingerprint density at radius 1 is 0.719 bits per heavy atom. The smallest absolute Gasteiger partial charge is 0.326 e. The van der Waals surface area contributed by atoms with Gasteiger partial charge in [0.25, 0.3) is 5.91 Å². The van der Waals surface area contributed by atoms with Crippen LogP contribution in [0.3, 0.4) is 0 Å². The Morgan fingerprint density at radius 3 is 1.81 bits per heavy atom. The molecule has 0 unspecified atom stereocenters. The van der Waals surface area contributed by atoms with Crippen LogP contribution in [-0.2, 0) is 16.0 Å². The highest BCUT2D eigenvalue weighted by molar-refractivity contribution is 6.08. The fourth-order valence-corrected chi connectivity index (χ4v) is 3.08. The van der Waals surface area contributed by atoms with Crippen molar-refractivity contribution >= 4 is 23.6 Å². The van der Waals surface area contributed by atoms with Gasteiger partial charge in [-0.15, -0.1) is 0 Å². The second-order valence-corrected chi connectivity index (χ2v) is 7.10. The Kier molecular flexibility index (Phi) is 7.48. The Labute approximate surface area is 185 Å². The molecule has 0 saturated carbocycles. The molecule has 3 rings (SSSR count). The molecule has 0 aromatic heterocycles. The number of nitrogens with one attached hydrogen (secondary N) is 2. The van der Waals surface area contributed by atoms with Crippen LogP contribution in [0.25, 0.3) is 0 Å². The van der Waals surface area contributed by atoms with Crippen LogP contribution in [0.2, 0.25) is 0 Å². The van der Waals surface area contributed by atoms with Crippen LogP contribution in [0.5, 0.6) is 0 Å². The topological polar surface area (TPSA) is 113 Å².